The van der Waals surface area contributed by atoms with Crippen LogP contribution in [0.25, 0.3) is 0 Å². The third kappa shape index (κ3) is 2.16. The molecule has 0 unspecified atom stereocenters. The number of hydrogen-bond donors (Lipinski definition) is 1. The molecule has 0 amide bonds. The van der Waals surface area contributed by atoms with Gasteiger partial charge in [0.1, 0.15) is 5.03 Å². The molecule has 1 aromatic rings. The second-order valence-electron chi connectivity index (χ2n) is 2.21. The minimum absolute atomic E-state index is 0.326. The van der Waals surface area contributed by atoms with E-state index in [4.69, 9.17) is 5.11 Å². The first kappa shape index (κ1) is 10.4. The number of hydrogen-bond acceptors (Lipinski definition) is 4. The zero-order chi connectivity index (χ0) is 9.84. The highest BCUT2D eigenvalue weighted by Crippen LogP contribution is 2.29. The lowest BCUT2D eigenvalue weighted by Gasteiger charge is -2.05. The number of aromatic carboxylic acids is 1. The van der Waals surface area contributed by atoms with Crippen molar-refractivity contribution in [1.29, 1.82) is 0 Å². The third-order valence-corrected chi connectivity index (χ3v) is 3.15. The van der Waals surface area contributed by atoms with E-state index >= 15 is 0 Å². The van der Waals surface area contributed by atoms with Gasteiger partial charge in [-0.05, 0) is 18.6 Å². The van der Waals surface area contributed by atoms with Crippen molar-refractivity contribution < 1.29 is 9.90 Å². The van der Waals surface area contributed by atoms with E-state index in [0.717, 1.165) is 9.92 Å². The molecular formula is C8H9NO2S2. The molecule has 0 atom stereocenters. The zero-order valence-corrected chi connectivity index (χ0v) is 8.91. The summed E-state index contributed by atoms with van der Waals surface area (Å²) in [5.41, 5.74) is 0.326. The van der Waals surface area contributed by atoms with Crippen molar-refractivity contribution in [2.24, 2.45) is 0 Å². The van der Waals surface area contributed by atoms with Crippen LogP contribution in [0.1, 0.15) is 10.4 Å². The van der Waals surface area contributed by atoms with E-state index in [0.29, 0.717) is 5.56 Å². The average molecular weight is 215 g/mol. The Morgan fingerprint density at radius 3 is 2.62 bits per heavy atom. The fourth-order valence-corrected chi connectivity index (χ4v) is 2.50. The number of thioether (sulfide) groups is 2. The van der Waals surface area contributed by atoms with Crippen LogP contribution in [0.5, 0.6) is 0 Å². The molecule has 0 aliphatic carbocycles. The van der Waals surface area contributed by atoms with Gasteiger partial charge < -0.3 is 5.11 Å². The normalized spacial score (nSPS) is 10.0. The van der Waals surface area contributed by atoms with Gasteiger partial charge in [0.2, 0.25) is 0 Å². The summed E-state index contributed by atoms with van der Waals surface area (Å²) in [4.78, 5) is 15.6. The van der Waals surface area contributed by atoms with E-state index in [2.05, 4.69) is 4.98 Å². The van der Waals surface area contributed by atoms with Crippen LogP contribution in [0.2, 0.25) is 0 Å². The molecule has 0 spiro atoms. The van der Waals surface area contributed by atoms with Crippen molar-refractivity contribution in [3.63, 3.8) is 0 Å². The van der Waals surface area contributed by atoms with Crippen molar-refractivity contribution in [3.05, 3.63) is 17.8 Å². The summed E-state index contributed by atoms with van der Waals surface area (Å²) in [6, 6.07) is 1.52. The van der Waals surface area contributed by atoms with Crippen LogP contribution >= 0.6 is 23.5 Å². The van der Waals surface area contributed by atoms with Crippen molar-refractivity contribution in [1.82, 2.24) is 4.98 Å². The first-order valence-corrected chi connectivity index (χ1v) is 5.96. The van der Waals surface area contributed by atoms with Crippen molar-refractivity contribution >= 4 is 29.5 Å². The number of carboxylic acid groups (broad SMARTS) is 1. The Morgan fingerprint density at radius 1 is 1.46 bits per heavy atom. The summed E-state index contributed by atoms with van der Waals surface area (Å²) in [5.74, 6) is -0.901. The summed E-state index contributed by atoms with van der Waals surface area (Å²) < 4.78 is 0. The van der Waals surface area contributed by atoms with Crippen molar-refractivity contribution in [2.45, 2.75) is 9.92 Å². The van der Waals surface area contributed by atoms with Crippen LogP contribution in [-0.4, -0.2) is 28.6 Å². The summed E-state index contributed by atoms with van der Waals surface area (Å²) in [6.07, 6.45) is 5.26. The zero-order valence-electron chi connectivity index (χ0n) is 7.27. The van der Waals surface area contributed by atoms with E-state index in [9.17, 15) is 4.79 Å². The van der Waals surface area contributed by atoms with E-state index in [-0.39, 0.29) is 0 Å². The first-order chi connectivity index (χ1) is 6.20. The molecule has 70 valence electrons. The highest BCUT2D eigenvalue weighted by molar-refractivity contribution is 8.01. The van der Waals surface area contributed by atoms with E-state index in [1.54, 1.807) is 0 Å². The predicted octanol–water partition coefficient (Wildman–Crippen LogP) is 2.22. The van der Waals surface area contributed by atoms with Gasteiger partial charge in [-0.3, -0.25) is 0 Å². The second-order valence-corrected chi connectivity index (χ2v) is 3.82. The maximum atomic E-state index is 10.8. The molecule has 5 heteroatoms. The Bertz CT molecular complexity index is 328. The molecule has 0 fully saturated rings. The molecule has 0 radical (unpaired) electrons. The Hall–Kier alpha value is -0.680. The van der Waals surface area contributed by atoms with Gasteiger partial charge in [0.25, 0.3) is 0 Å². The molecule has 1 aromatic heterocycles. The summed E-state index contributed by atoms with van der Waals surface area (Å²) in [7, 11) is 0. The SMILES string of the molecule is CSc1nccc(C(=O)O)c1SC. The number of pyridine rings is 1. The van der Waals surface area contributed by atoms with Crippen LogP contribution in [-0.2, 0) is 0 Å². The Balaban J connectivity index is 3.27. The van der Waals surface area contributed by atoms with Crippen LogP contribution in [0.3, 0.4) is 0 Å². The van der Waals surface area contributed by atoms with Gasteiger partial charge in [0.15, 0.2) is 0 Å². The van der Waals surface area contributed by atoms with Gasteiger partial charge in [0.05, 0.1) is 10.5 Å². The summed E-state index contributed by atoms with van der Waals surface area (Å²) in [6.45, 7) is 0. The van der Waals surface area contributed by atoms with Gasteiger partial charge in [-0.1, -0.05) is 0 Å². The van der Waals surface area contributed by atoms with E-state index < -0.39 is 5.97 Å². The monoisotopic (exact) mass is 215 g/mol. The predicted molar refractivity (Wildman–Crippen MR) is 54.8 cm³/mol. The molecule has 0 saturated carbocycles. The minimum Gasteiger partial charge on any atom is -0.478 e. The molecule has 0 aliphatic heterocycles. The third-order valence-electron chi connectivity index (χ3n) is 1.50. The Labute approximate surface area is 84.9 Å². The highest BCUT2D eigenvalue weighted by atomic mass is 32.2. The molecule has 0 bridgehead atoms. The highest BCUT2D eigenvalue weighted by Gasteiger charge is 2.13. The number of nitrogens with zero attached hydrogens (tertiary/aromatic N) is 1. The lowest BCUT2D eigenvalue weighted by molar-refractivity contribution is 0.0692. The molecule has 0 saturated heterocycles. The molecule has 1 rings (SSSR count). The van der Waals surface area contributed by atoms with Gasteiger partial charge >= 0.3 is 5.97 Å². The molecule has 1 heterocycles. The number of rotatable bonds is 3. The maximum absolute atomic E-state index is 10.8. The fourth-order valence-electron chi connectivity index (χ4n) is 0.940. The van der Waals surface area contributed by atoms with E-state index in [1.165, 1.54) is 35.8 Å². The molecule has 3 nitrogen and oxygen atoms in total. The summed E-state index contributed by atoms with van der Waals surface area (Å²) in [5, 5.41) is 9.64. The topological polar surface area (TPSA) is 50.2 Å². The average Bonchev–Trinajstić information content (AvgIpc) is 2.16. The smallest absolute Gasteiger partial charge is 0.336 e. The van der Waals surface area contributed by atoms with Crippen LogP contribution in [0, 0.1) is 0 Å². The lowest BCUT2D eigenvalue weighted by atomic mass is 10.3. The second kappa shape index (κ2) is 4.53. The van der Waals surface area contributed by atoms with Gasteiger partial charge in [0, 0.05) is 6.20 Å². The minimum atomic E-state index is -0.901. The van der Waals surface area contributed by atoms with Gasteiger partial charge in [-0.25, -0.2) is 9.78 Å². The number of aromatic nitrogens is 1. The number of carboxylic acids is 1. The molecule has 13 heavy (non-hydrogen) atoms. The van der Waals surface area contributed by atoms with Crippen LogP contribution < -0.4 is 0 Å². The quantitative estimate of drug-likeness (QED) is 0.783. The fraction of sp³-hybridized carbons (Fsp3) is 0.250. The van der Waals surface area contributed by atoms with Crippen LogP contribution in [0.15, 0.2) is 22.2 Å². The Morgan fingerprint density at radius 2 is 2.15 bits per heavy atom. The van der Waals surface area contributed by atoms with Crippen LogP contribution in [0.4, 0.5) is 0 Å². The van der Waals surface area contributed by atoms with E-state index in [1.807, 2.05) is 12.5 Å². The first-order valence-electron chi connectivity index (χ1n) is 3.51. The maximum Gasteiger partial charge on any atom is 0.336 e. The number of carbonyl (C=O) groups is 1. The van der Waals surface area contributed by atoms with Crippen molar-refractivity contribution in [2.75, 3.05) is 12.5 Å². The standard InChI is InChI=1S/C8H9NO2S2/c1-12-6-5(8(10)11)3-4-9-7(6)13-2/h3-4H,1-2H3,(H,10,11). The molecule has 0 aliphatic rings. The Kier molecular flexibility index (Phi) is 3.62. The van der Waals surface area contributed by atoms with Gasteiger partial charge in [-0.2, -0.15) is 0 Å². The lowest BCUT2D eigenvalue weighted by Crippen LogP contribution is -2.00. The summed E-state index contributed by atoms with van der Waals surface area (Å²) >= 11 is 2.87. The van der Waals surface area contributed by atoms with Gasteiger partial charge in [-0.15, -0.1) is 23.5 Å². The molecule has 1 N–H and O–H groups in total. The molecule has 0 aromatic carbocycles. The largest absolute Gasteiger partial charge is 0.478 e. The molecular weight excluding hydrogens is 206 g/mol. The van der Waals surface area contributed by atoms with Crippen molar-refractivity contribution in [3.8, 4) is 0 Å².